The number of nitrogens with zero attached hydrogens (tertiary/aromatic N) is 1. The van der Waals surface area contributed by atoms with E-state index in [1.807, 2.05) is 48.5 Å². The molecule has 0 atom stereocenters. The standard InChI is InChI=1S/C20H21N3O3/c1-25-12-11-21-20(24)17-13-19(23-18-6-4-3-5-16(17)18)22-14-7-9-15(26-2)10-8-14/h3-10,13H,11-12H2,1-2H3,(H,21,24)(H,22,23). The highest BCUT2D eigenvalue weighted by molar-refractivity contribution is 6.07. The molecular formula is C20H21N3O3. The second-order valence-corrected chi connectivity index (χ2v) is 5.67. The van der Waals surface area contributed by atoms with Gasteiger partial charge in [0, 0.05) is 24.7 Å². The molecule has 2 aromatic carbocycles. The summed E-state index contributed by atoms with van der Waals surface area (Å²) < 4.78 is 10.2. The van der Waals surface area contributed by atoms with Crippen molar-refractivity contribution in [1.29, 1.82) is 0 Å². The van der Waals surface area contributed by atoms with Gasteiger partial charge in [0.1, 0.15) is 11.6 Å². The zero-order valence-corrected chi connectivity index (χ0v) is 14.8. The lowest BCUT2D eigenvalue weighted by Gasteiger charge is -2.12. The number of benzene rings is 2. The maximum Gasteiger partial charge on any atom is 0.252 e. The lowest BCUT2D eigenvalue weighted by molar-refractivity contribution is 0.0938. The Labute approximate surface area is 152 Å². The number of anilines is 2. The molecule has 0 unspecified atom stereocenters. The highest BCUT2D eigenvalue weighted by Crippen LogP contribution is 2.24. The molecule has 0 saturated heterocycles. The van der Waals surface area contributed by atoms with E-state index >= 15 is 0 Å². The molecular weight excluding hydrogens is 330 g/mol. The molecule has 0 radical (unpaired) electrons. The molecule has 0 aliphatic rings. The van der Waals surface area contributed by atoms with Crippen LogP contribution in [0.15, 0.2) is 54.6 Å². The van der Waals surface area contributed by atoms with Crippen LogP contribution in [-0.4, -0.2) is 38.3 Å². The van der Waals surface area contributed by atoms with E-state index < -0.39 is 0 Å². The average Bonchev–Trinajstić information content (AvgIpc) is 2.68. The molecule has 0 fully saturated rings. The van der Waals surface area contributed by atoms with Gasteiger partial charge in [-0.05, 0) is 36.4 Å². The van der Waals surface area contributed by atoms with E-state index in [2.05, 4.69) is 15.6 Å². The topological polar surface area (TPSA) is 72.5 Å². The summed E-state index contributed by atoms with van der Waals surface area (Å²) in [4.78, 5) is 17.2. The molecule has 1 heterocycles. The summed E-state index contributed by atoms with van der Waals surface area (Å²) >= 11 is 0. The second kappa shape index (κ2) is 8.31. The molecule has 3 aromatic rings. The minimum atomic E-state index is -0.154. The van der Waals surface area contributed by atoms with Gasteiger partial charge in [0.15, 0.2) is 0 Å². The lowest BCUT2D eigenvalue weighted by Crippen LogP contribution is -2.27. The van der Waals surface area contributed by atoms with Crippen molar-refractivity contribution in [1.82, 2.24) is 10.3 Å². The van der Waals surface area contributed by atoms with Gasteiger partial charge in [-0.3, -0.25) is 4.79 Å². The van der Waals surface area contributed by atoms with Crippen LogP contribution in [0.4, 0.5) is 11.5 Å². The van der Waals surface area contributed by atoms with Gasteiger partial charge in [-0.2, -0.15) is 0 Å². The summed E-state index contributed by atoms with van der Waals surface area (Å²) in [5.74, 6) is 1.23. The van der Waals surface area contributed by atoms with Crippen molar-refractivity contribution in [3.05, 3.63) is 60.2 Å². The molecule has 0 bridgehead atoms. The average molecular weight is 351 g/mol. The third kappa shape index (κ3) is 4.10. The maximum absolute atomic E-state index is 12.6. The predicted molar refractivity (Wildman–Crippen MR) is 102 cm³/mol. The number of aromatic nitrogens is 1. The van der Waals surface area contributed by atoms with Crippen molar-refractivity contribution >= 4 is 28.3 Å². The Morgan fingerprint density at radius 3 is 2.58 bits per heavy atom. The van der Waals surface area contributed by atoms with Crippen molar-refractivity contribution < 1.29 is 14.3 Å². The third-order valence-electron chi connectivity index (χ3n) is 3.91. The highest BCUT2D eigenvalue weighted by Gasteiger charge is 2.13. The SMILES string of the molecule is COCCNC(=O)c1cc(Nc2ccc(OC)cc2)nc2ccccc12. The number of fused-ring (bicyclic) bond motifs is 1. The number of para-hydroxylation sites is 1. The first-order valence-corrected chi connectivity index (χ1v) is 8.29. The number of ether oxygens (including phenoxy) is 2. The number of carbonyl (C=O) groups excluding carboxylic acids is 1. The summed E-state index contributed by atoms with van der Waals surface area (Å²) in [6, 6.07) is 16.9. The fraction of sp³-hybridized carbons (Fsp3) is 0.200. The zero-order chi connectivity index (χ0) is 18.4. The van der Waals surface area contributed by atoms with Crippen LogP contribution >= 0.6 is 0 Å². The summed E-state index contributed by atoms with van der Waals surface area (Å²) in [5.41, 5.74) is 2.19. The molecule has 0 aliphatic carbocycles. The Hall–Kier alpha value is -3.12. The number of methoxy groups -OCH3 is 2. The number of rotatable bonds is 7. The quantitative estimate of drug-likeness (QED) is 0.639. The summed E-state index contributed by atoms with van der Waals surface area (Å²) in [6.45, 7) is 0.916. The molecule has 26 heavy (non-hydrogen) atoms. The molecule has 1 aromatic heterocycles. The van der Waals surface area contributed by atoms with E-state index in [1.165, 1.54) is 0 Å². The van der Waals surface area contributed by atoms with Crippen molar-refractivity contribution in [3.63, 3.8) is 0 Å². The predicted octanol–water partition coefficient (Wildman–Crippen LogP) is 3.36. The van der Waals surface area contributed by atoms with Gasteiger partial charge < -0.3 is 20.1 Å². The van der Waals surface area contributed by atoms with Crippen LogP contribution in [0.2, 0.25) is 0 Å². The number of carbonyl (C=O) groups is 1. The highest BCUT2D eigenvalue weighted by atomic mass is 16.5. The van der Waals surface area contributed by atoms with E-state index in [1.54, 1.807) is 20.3 Å². The number of nitrogens with one attached hydrogen (secondary N) is 2. The Kier molecular flexibility index (Phi) is 5.66. The number of pyridine rings is 1. The number of hydrogen-bond donors (Lipinski definition) is 2. The van der Waals surface area contributed by atoms with Crippen molar-refractivity contribution in [2.45, 2.75) is 0 Å². The van der Waals surface area contributed by atoms with Crippen LogP contribution in [0, 0.1) is 0 Å². The Morgan fingerprint density at radius 1 is 1.08 bits per heavy atom. The van der Waals surface area contributed by atoms with Crippen LogP contribution in [0.1, 0.15) is 10.4 Å². The van der Waals surface area contributed by atoms with Crippen LogP contribution in [0.3, 0.4) is 0 Å². The third-order valence-corrected chi connectivity index (χ3v) is 3.91. The molecule has 1 amide bonds. The van der Waals surface area contributed by atoms with Crippen molar-refractivity contribution in [2.24, 2.45) is 0 Å². The van der Waals surface area contributed by atoms with E-state index in [4.69, 9.17) is 9.47 Å². The summed E-state index contributed by atoms with van der Waals surface area (Å²) in [6.07, 6.45) is 0. The molecule has 2 N–H and O–H groups in total. The smallest absolute Gasteiger partial charge is 0.252 e. The van der Waals surface area contributed by atoms with Gasteiger partial charge in [-0.25, -0.2) is 4.98 Å². The molecule has 6 heteroatoms. The van der Waals surface area contributed by atoms with Gasteiger partial charge in [0.25, 0.3) is 5.91 Å². The first kappa shape index (κ1) is 17.7. The monoisotopic (exact) mass is 351 g/mol. The van der Waals surface area contributed by atoms with Gasteiger partial charge in [0.05, 0.1) is 24.8 Å². The van der Waals surface area contributed by atoms with Crippen LogP contribution in [0.25, 0.3) is 10.9 Å². The molecule has 134 valence electrons. The minimum absolute atomic E-state index is 0.154. The fourth-order valence-corrected chi connectivity index (χ4v) is 2.61. The number of amides is 1. The Bertz CT molecular complexity index is 894. The first-order chi connectivity index (χ1) is 12.7. The van der Waals surface area contributed by atoms with E-state index in [0.29, 0.717) is 24.5 Å². The van der Waals surface area contributed by atoms with Crippen LogP contribution in [-0.2, 0) is 4.74 Å². The minimum Gasteiger partial charge on any atom is -0.497 e. The Morgan fingerprint density at radius 2 is 1.85 bits per heavy atom. The molecule has 6 nitrogen and oxygen atoms in total. The van der Waals surface area contributed by atoms with Gasteiger partial charge in [-0.15, -0.1) is 0 Å². The molecule has 3 rings (SSSR count). The van der Waals surface area contributed by atoms with E-state index in [0.717, 1.165) is 22.3 Å². The van der Waals surface area contributed by atoms with Gasteiger partial charge >= 0.3 is 0 Å². The molecule has 0 saturated carbocycles. The second-order valence-electron chi connectivity index (χ2n) is 5.67. The molecule has 0 aliphatic heterocycles. The summed E-state index contributed by atoms with van der Waals surface area (Å²) in [7, 11) is 3.23. The number of hydrogen-bond acceptors (Lipinski definition) is 5. The van der Waals surface area contributed by atoms with Gasteiger partial charge in [-0.1, -0.05) is 18.2 Å². The normalized spacial score (nSPS) is 10.5. The van der Waals surface area contributed by atoms with Crippen LogP contribution < -0.4 is 15.4 Å². The first-order valence-electron chi connectivity index (χ1n) is 8.29. The maximum atomic E-state index is 12.6. The van der Waals surface area contributed by atoms with Crippen molar-refractivity contribution in [2.75, 3.05) is 32.7 Å². The van der Waals surface area contributed by atoms with Crippen molar-refractivity contribution in [3.8, 4) is 5.75 Å². The molecule has 0 spiro atoms. The van der Waals surface area contributed by atoms with Gasteiger partial charge in [0.2, 0.25) is 0 Å². The fourth-order valence-electron chi connectivity index (χ4n) is 2.61. The lowest BCUT2D eigenvalue weighted by atomic mass is 10.1. The zero-order valence-electron chi connectivity index (χ0n) is 14.8. The van der Waals surface area contributed by atoms with Crippen LogP contribution in [0.5, 0.6) is 5.75 Å². The summed E-state index contributed by atoms with van der Waals surface area (Å²) in [5, 5.41) is 6.91. The largest absolute Gasteiger partial charge is 0.497 e. The van der Waals surface area contributed by atoms with E-state index in [9.17, 15) is 4.79 Å². The van der Waals surface area contributed by atoms with E-state index in [-0.39, 0.29) is 5.91 Å². The Balaban J connectivity index is 1.91.